The summed E-state index contributed by atoms with van der Waals surface area (Å²) in [7, 11) is 0. The highest BCUT2D eigenvalue weighted by Gasteiger charge is 2.15. The molecule has 0 aliphatic carbocycles. The van der Waals surface area contributed by atoms with Crippen molar-refractivity contribution in [2.75, 3.05) is 18.4 Å². The molecule has 2 aromatic heterocycles. The van der Waals surface area contributed by atoms with E-state index in [4.69, 9.17) is 34.8 Å². The Morgan fingerprint density at radius 3 is 2.57 bits per heavy atom. The Morgan fingerprint density at radius 1 is 1.14 bits per heavy atom. The van der Waals surface area contributed by atoms with E-state index in [2.05, 4.69) is 39.0 Å². The Morgan fingerprint density at radius 2 is 1.89 bits per heavy atom. The van der Waals surface area contributed by atoms with Crippen molar-refractivity contribution in [3.63, 3.8) is 0 Å². The first-order chi connectivity index (χ1) is 13.4. The molecule has 0 spiro atoms. The fraction of sp³-hybridized carbons (Fsp3) is 0.211. The fourth-order valence-corrected chi connectivity index (χ4v) is 4.34. The van der Waals surface area contributed by atoms with Gasteiger partial charge >= 0.3 is 0 Å². The largest absolute Gasteiger partial charge is 0.354 e. The SMILES string of the molecule is Cc1csc(-c2ccnc(NCCCNC(=O)c3c(Cl)cc(Cl)cc3Cl)n2)c1. The molecule has 9 heteroatoms. The monoisotopic (exact) mass is 454 g/mol. The number of aryl methyl sites for hydroxylation is 1. The molecule has 1 aromatic carbocycles. The van der Waals surface area contributed by atoms with Crippen LogP contribution in [-0.4, -0.2) is 29.0 Å². The van der Waals surface area contributed by atoms with E-state index in [0.717, 1.165) is 10.6 Å². The normalized spacial score (nSPS) is 10.7. The van der Waals surface area contributed by atoms with Crippen LogP contribution in [0.5, 0.6) is 0 Å². The molecule has 28 heavy (non-hydrogen) atoms. The smallest absolute Gasteiger partial charge is 0.254 e. The number of anilines is 1. The summed E-state index contributed by atoms with van der Waals surface area (Å²) in [4.78, 5) is 22.1. The minimum atomic E-state index is -0.335. The molecule has 0 bridgehead atoms. The van der Waals surface area contributed by atoms with Gasteiger partial charge in [0.2, 0.25) is 5.95 Å². The molecular weight excluding hydrogens is 439 g/mol. The van der Waals surface area contributed by atoms with E-state index in [9.17, 15) is 4.79 Å². The standard InChI is InChI=1S/C19H17Cl3N4OS/c1-11-7-16(28-10-11)15-3-6-25-19(26-15)24-5-2-4-23-18(27)17-13(21)8-12(20)9-14(17)22/h3,6-10H,2,4-5H2,1H3,(H,23,27)(H,24,25,26). The predicted molar refractivity (Wildman–Crippen MR) is 117 cm³/mol. The molecule has 3 rings (SSSR count). The zero-order chi connectivity index (χ0) is 20.1. The van der Waals surface area contributed by atoms with Crippen LogP contribution in [0.1, 0.15) is 22.3 Å². The maximum absolute atomic E-state index is 12.3. The molecule has 0 fully saturated rings. The van der Waals surface area contributed by atoms with Gasteiger partial charge < -0.3 is 10.6 Å². The van der Waals surface area contributed by atoms with E-state index in [1.54, 1.807) is 17.5 Å². The molecule has 0 saturated heterocycles. The van der Waals surface area contributed by atoms with Crippen LogP contribution < -0.4 is 10.6 Å². The molecule has 0 atom stereocenters. The Balaban J connectivity index is 1.48. The summed E-state index contributed by atoms with van der Waals surface area (Å²) < 4.78 is 0. The zero-order valence-corrected chi connectivity index (χ0v) is 18.0. The number of amides is 1. The second-order valence-electron chi connectivity index (χ2n) is 6.03. The first-order valence-electron chi connectivity index (χ1n) is 8.49. The molecule has 146 valence electrons. The molecule has 0 saturated carbocycles. The Bertz CT molecular complexity index is 970. The van der Waals surface area contributed by atoms with Crippen molar-refractivity contribution in [2.45, 2.75) is 13.3 Å². The second kappa shape index (κ2) is 9.56. The average Bonchev–Trinajstić information content (AvgIpc) is 3.07. The summed E-state index contributed by atoms with van der Waals surface area (Å²) in [6, 6.07) is 6.96. The number of halogens is 3. The highest BCUT2D eigenvalue weighted by atomic mass is 35.5. The molecular formula is C19H17Cl3N4OS. The van der Waals surface area contributed by atoms with E-state index in [-0.39, 0.29) is 21.5 Å². The van der Waals surface area contributed by atoms with Crippen LogP contribution in [0.4, 0.5) is 5.95 Å². The van der Waals surface area contributed by atoms with E-state index >= 15 is 0 Å². The number of thiophene rings is 1. The topological polar surface area (TPSA) is 66.9 Å². The minimum absolute atomic E-state index is 0.224. The number of nitrogens with zero attached hydrogens (tertiary/aromatic N) is 2. The molecule has 0 aliphatic rings. The lowest BCUT2D eigenvalue weighted by atomic mass is 10.2. The van der Waals surface area contributed by atoms with Crippen molar-refractivity contribution in [3.8, 4) is 10.6 Å². The van der Waals surface area contributed by atoms with Gasteiger partial charge in [0.05, 0.1) is 26.2 Å². The average molecular weight is 456 g/mol. The van der Waals surface area contributed by atoms with Crippen LogP contribution in [0.15, 0.2) is 35.8 Å². The highest BCUT2D eigenvalue weighted by Crippen LogP contribution is 2.29. The fourth-order valence-electron chi connectivity index (χ4n) is 2.48. The third-order valence-electron chi connectivity index (χ3n) is 3.79. The van der Waals surface area contributed by atoms with Gasteiger partial charge in [-0.1, -0.05) is 34.8 Å². The number of hydrogen-bond acceptors (Lipinski definition) is 5. The van der Waals surface area contributed by atoms with Gasteiger partial charge in [-0.2, -0.15) is 0 Å². The van der Waals surface area contributed by atoms with Crippen molar-refractivity contribution in [1.82, 2.24) is 15.3 Å². The molecule has 3 aromatic rings. The molecule has 1 amide bonds. The summed E-state index contributed by atoms with van der Waals surface area (Å²) in [5.74, 6) is 0.219. The summed E-state index contributed by atoms with van der Waals surface area (Å²) in [6.45, 7) is 3.11. The first kappa shape index (κ1) is 20.9. The van der Waals surface area contributed by atoms with Crippen LogP contribution in [0.3, 0.4) is 0 Å². The van der Waals surface area contributed by atoms with Gasteiger partial charge in [0.1, 0.15) is 0 Å². The number of nitrogens with one attached hydrogen (secondary N) is 2. The van der Waals surface area contributed by atoms with Crippen molar-refractivity contribution in [2.24, 2.45) is 0 Å². The van der Waals surface area contributed by atoms with E-state index in [1.165, 1.54) is 17.7 Å². The lowest BCUT2D eigenvalue weighted by molar-refractivity contribution is 0.0954. The van der Waals surface area contributed by atoms with E-state index in [1.807, 2.05) is 6.07 Å². The number of aromatic nitrogens is 2. The Hall–Kier alpha value is -1.86. The van der Waals surface area contributed by atoms with Gasteiger partial charge in [0.15, 0.2) is 0 Å². The zero-order valence-electron chi connectivity index (χ0n) is 14.9. The van der Waals surface area contributed by atoms with Crippen LogP contribution in [0.2, 0.25) is 15.1 Å². The maximum Gasteiger partial charge on any atom is 0.254 e. The molecule has 0 unspecified atom stereocenters. The number of rotatable bonds is 7. The van der Waals surface area contributed by atoms with Crippen molar-refractivity contribution in [1.29, 1.82) is 0 Å². The number of carbonyl (C=O) groups excluding carboxylic acids is 1. The van der Waals surface area contributed by atoms with Crippen LogP contribution >= 0.6 is 46.1 Å². The molecule has 0 radical (unpaired) electrons. The predicted octanol–water partition coefficient (Wildman–Crippen LogP) is 5.71. The van der Waals surface area contributed by atoms with Gasteiger partial charge in [0.25, 0.3) is 5.91 Å². The van der Waals surface area contributed by atoms with Gasteiger partial charge in [-0.3, -0.25) is 4.79 Å². The Labute approximate surface area is 182 Å². The molecule has 2 heterocycles. The van der Waals surface area contributed by atoms with Gasteiger partial charge in [-0.15, -0.1) is 11.3 Å². The van der Waals surface area contributed by atoms with Crippen molar-refractivity contribution >= 4 is 58.0 Å². The first-order valence-corrected chi connectivity index (χ1v) is 10.5. The number of benzene rings is 1. The second-order valence-corrected chi connectivity index (χ2v) is 8.20. The van der Waals surface area contributed by atoms with E-state index in [0.29, 0.717) is 30.5 Å². The van der Waals surface area contributed by atoms with Crippen LogP contribution in [0, 0.1) is 6.92 Å². The van der Waals surface area contributed by atoms with Crippen LogP contribution in [0.25, 0.3) is 10.6 Å². The number of hydrogen-bond donors (Lipinski definition) is 2. The molecule has 0 aliphatic heterocycles. The van der Waals surface area contributed by atoms with Gasteiger partial charge in [0, 0.05) is 24.3 Å². The van der Waals surface area contributed by atoms with Gasteiger partial charge in [-0.05, 0) is 48.6 Å². The van der Waals surface area contributed by atoms with Crippen molar-refractivity contribution < 1.29 is 4.79 Å². The quantitative estimate of drug-likeness (QED) is 0.448. The third kappa shape index (κ3) is 5.35. The summed E-state index contributed by atoms with van der Waals surface area (Å²) in [6.07, 6.45) is 2.41. The van der Waals surface area contributed by atoms with E-state index < -0.39 is 0 Å². The minimum Gasteiger partial charge on any atom is -0.354 e. The molecule has 2 N–H and O–H groups in total. The highest BCUT2D eigenvalue weighted by molar-refractivity contribution is 7.13. The van der Waals surface area contributed by atoms with Gasteiger partial charge in [-0.25, -0.2) is 9.97 Å². The lowest BCUT2D eigenvalue weighted by Gasteiger charge is -2.10. The summed E-state index contributed by atoms with van der Waals surface area (Å²) >= 11 is 19.6. The lowest BCUT2D eigenvalue weighted by Crippen LogP contribution is -2.26. The summed E-state index contributed by atoms with van der Waals surface area (Å²) in [5.41, 5.74) is 2.32. The maximum atomic E-state index is 12.3. The summed E-state index contributed by atoms with van der Waals surface area (Å²) in [5, 5.41) is 8.89. The third-order valence-corrected chi connectivity index (χ3v) is 5.68. The van der Waals surface area contributed by atoms with Crippen molar-refractivity contribution in [3.05, 3.63) is 62.0 Å². The number of carbonyl (C=O) groups is 1. The van der Waals surface area contributed by atoms with Crippen LogP contribution in [-0.2, 0) is 0 Å². The molecule has 5 nitrogen and oxygen atoms in total. The Kier molecular flexibility index (Phi) is 7.13.